The first kappa shape index (κ1) is 14.4. The van der Waals surface area contributed by atoms with Gasteiger partial charge in [0, 0.05) is 5.56 Å². The van der Waals surface area contributed by atoms with Crippen LogP contribution in [0.25, 0.3) is 0 Å². The second kappa shape index (κ2) is 6.41. The van der Waals surface area contributed by atoms with Crippen LogP contribution in [-0.2, 0) is 0 Å². The average molecular weight is 272 g/mol. The van der Waals surface area contributed by atoms with Crippen molar-refractivity contribution in [2.75, 3.05) is 14.2 Å². The number of hydrogen-bond acceptors (Lipinski definition) is 4. The molecule has 0 fully saturated rings. The van der Waals surface area contributed by atoms with Gasteiger partial charge in [-0.05, 0) is 30.2 Å². The topological polar surface area (TPSA) is 56.5 Å². The van der Waals surface area contributed by atoms with Gasteiger partial charge < -0.3 is 9.47 Å². The van der Waals surface area contributed by atoms with E-state index in [9.17, 15) is 0 Å². The lowest BCUT2D eigenvalue weighted by Crippen LogP contribution is -2.29. The van der Waals surface area contributed by atoms with Crippen molar-refractivity contribution < 1.29 is 9.47 Å². The monoisotopic (exact) mass is 272 g/mol. The van der Waals surface area contributed by atoms with Gasteiger partial charge in [0.25, 0.3) is 0 Å². The van der Waals surface area contributed by atoms with Gasteiger partial charge in [0.1, 0.15) is 11.5 Å². The molecule has 4 nitrogen and oxygen atoms in total. The molecule has 0 amide bonds. The van der Waals surface area contributed by atoms with Crippen LogP contribution < -0.4 is 20.7 Å². The molecule has 0 heterocycles. The van der Waals surface area contributed by atoms with Gasteiger partial charge in [-0.2, -0.15) is 0 Å². The van der Waals surface area contributed by atoms with Crippen LogP contribution in [0.4, 0.5) is 0 Å². The summed E-state index contributed by atoms with van der Waals surface area (Å²) < 4.78 is 10.8. The van der Waals surface area contributed by atoms with Crippen LogP contribution in [0.5, 0.6) is 11.5 Å². The zero-order valence-electron chi connectivity index (χ0n) is 12.0. The molecule has 0 radical (unpaired) electrons. The summed E-state index contributed by atoms with van der Waals surface area (Å²) in [5.41, 5.74) is 5.95. The van der Waals surface area contributed by atoms with Crippen LogP contribution in [0, 0.1) is 6.92 Å². The number of nitrogens with two attached hydrogens (primary N) is 1. The molecular weight excluding hydrogens is 252 g/mol. The van der Waals surface area contributed by atoms with Crippen LogP contribution in [0.3, 0.4) is 0 Å². The van der Waals surface area contributed by atoms with E-state index in [0.717, 1.165) is 28.2 Å². The molecule has 0 saturated heterocycles. The molecule has 0 spiro atoms. The summed E-state index contributed by atoms with van der Waals surface area (Å²) in [6.45, 7) is 2.01. The number of para-hydroxylation sites is 1. The van der Waals surface area contributed by atoms with Gasteiger partial charge in [0.15, 0.2) is 0 Å². The third kappa shape index (κ3) is 2.76. The highest BCUT2D eigenvalue weighted by Gasteiger charge is 2.17. The molecule has 2 rings (SSSR count). The number of hydrazine groups is 1. The molecule has 0 aliphatic heterocycles. The minimum absolute atomic E-state index is 0.152. The molecule has 1 atom stereocenters. The lowest BCUT2D eigenvalue weighted by atomic mass is 9.97. The van der Waals surface area contributed by atoms with Gasteiger partial charge in [-0.1, -0.05) is 30.3 Å². The highest BCUT2D eigenvalue weighted by molar-refractivity contribution is 5.45. The van der Waals surface area contributed by atoms with Crippen molar-refractivity contribution in [3.63, 3.8) is 0 Å². The fourth-order valence-electron chi connectivity index (χ4n) is 2.29. The Morgan fingerprint density at radius 1 is 1.00 bits per heavy atom. The summed E-state index contributed by atoms with van der Waals surface area (Å²) >= 11 is 0. The number of rotatable bonds is 5. The number of benzene rings is 2. The minimum Gasteiger partial charge on any atom is -0.496 e. The smallest absolute Gasteiger partial charge is 0.124 e. The number of methoxy groups -OCH3 is 2. The van der Waals surface area contributed by atoms with Crippen LogP contribution in [0.2, 0.25) is 0 Å². The van der Waals surface area contributed by atoms with Crippen molar-refractivity contribution in [1.82, 2.24) is 5.43 Å². The van der Waals surface area contributed by atoms with Gasteiger partial charge in [0.05, 0.1) is 20.3 Å². The van der Waals surface area contributed by atoms with E-state index in [1.165, 1.54) is 0 Å². The second-order valence-corrected chi connectivity index (χ2v) is 4.57. The Bertz CT molecular complexity index is 584. The van der Waals surface area contributed by atoms with Crippen LogP contribution in [-0.4, -0.2) is 14.2 Å². The molecule has 4 heteroatoms. The average Bonchev–Trinajstić information content (AvgIpc) is 2.50. The zero-order valence-corrected chi connectivity index (χ0v) is 12.0. The molecule has 20 heavy (non-hydrogen) atoms. The Kier molecular flexibility index (Phi) is 4.61. The number of ether oxygens (including phenoxy) is 2. The standard InChI is InChI=1S/C16H20N2O2/c1-11-8-9-12(10-15(11)20-3)16(18-17)13-6-4-5-7-14(13)19-2/h4-10,16,18H,17H2,1-3H3. The highest BCUT2D eigenvalue weighted by atomic mass is 16.5. The molecule has 3 N–H and O–H groups in total. The fraction of sp³-hybridized carbons (Fsp3) is 0.250. The minimum atomic E-state index is -0.152. The highest BCUT2D eigenvalue weighted by Crippen LogP contribution is 2.31. The van der Waals surface area contributed by atoms with Crippen molar-refractivity contribution in [2.45, 2.75) is 13.0 Å². The van der Waals surface area contributed by atoms with E-state index >= 15 is 0 Å². The maximum absolute atomic E-state index is 5.74. The SMILES string of the molecule is COc1cc(C(NN)c2ccccc2OC)ccc1C. The predicted octanol–water partition coefficient (Wildman–Crippen LogP) is 2.56. The first-order valence-corrected chi connectivity index (χ1v) is 6.44. The Morgan fingerprint density at radius 2 is 1.70 bits per heavy atom. The van der Waals surface area contributed by atoms with Gasteiger partial charge in [-0.15, -0.1) is 0 Å². The van der Waals surface area contributed by atoms with Crippen LogP contribution in [0.1, 0.15) is 22.7 Å². The van der Waals surface area contributed by atoms with E-state index in [4.69, 9.17) is 15.3 Å². The fourth-order valence-corrected chi connectivity index (χ4v) is 2.29. The summed E-state index contributed by atoms with van der Waals surface area (Å²) in [5, 5.41) is 0. The van der Waals surface area contributed by atoms with E-state index in [2.05, 4.69) is 5.43 Å². The summed E-state index contributed by atoms with van der Waals surface area (Å²) in [7, 11) is 3.32. The van der Waals surface area contributed by atoms with Crippen molar-refractivity contribution in [3.8, 4) is 11.5 Å². The van der Waals surface area contributed by atoms with Crippen LogP contribution >= 0.6 is 0 Å². The van der Waals surface area contributed by atoms with Gasteiger partial charge in [-0.3, -0.25) is 5.84 Å². The summed E-state index contributed by atoms with van der Waals surface area (Å²) in [6.07, 6.45) is 0. The van der Waals surface area contributed by atoms with E-state index in [1.807, 2.05) is 49.4 Å². The zero-order chi connectivity index (χ0) is 14.5. The summed E-state index contributed by atoms with van der Waals surface area (Å²) in [5.74, 6) is 7.39. The van der Waals surface area contributed by atoms with Gasteiger partial charge >= 0.3 is 0 Å². The summed E-state index contributed by atoms with van der Waals surface area (Å²) in [6, 6.07) is 13.7. The van der Waals surface area contributed by atoms with E-state index in [1.54, 1.807) is 14.2 Å². The Labute approximate surface area is 119 Å². The number of hydrogen-bond donors (Lipinski definition) is 2. The van der Waals surface area contributed by atoms with Crippen LogP contribution in [0.15, 0.2) is 42.5 Å². The maximum atomic E-state index is 5.74. The normalized spacial score (nSPS) is 12.0. The third-order valence-corrected chi connectivity index (χ3v) is 3.38. The second-order valence-electron chi connectivity index (χ2n) is 4.57. The molecular formula is C16H20N2O2. The largest absolute Gasteiger partial charge is 0.496 e. The molecule has 0 bridgehead atoms. The first-order valence-electron chi connectivity index (χ1n) is 6.44. The lowest BCUT2D eigenvalue weighted by Gasteiger charge is -2.20. The molecule has 2 aromatic rings. The van der Waals surface area contributed by atoms with E-state index in [-0.39, 0.29) is 6.04 Å². The van der Waals surface area contributed by atoms with Crippen molar-refractivity contribution in [1.29, 1.82) is 0 Å². The molecule has 106 valence electrons. The maximum Gasteiger partial charge on any atom is 0.124 e. The lowest BCUT2D eigenvalue weighted by molar-refractivity contribution is 0.402. The van der Waals surface area contributed by atoms with Crippen molar-refractivity contribution in [2.24, 2.45) is 5.84 Å². The Hall–Kier alpha value is -2.04. The Balaban J connectivity index is 2.47. The number of nitrogens with one attached hydrogen (secondary N) is 1. The van der Waals surface area contributed by atoms with Gasteiger partial charge in [-0.25, -0.2) is 5.43 Å². The summed E-state index contributed by atoms with van der Waals surface area (Å²) in [4.78, 5) is 0. The van der Waals surface area contributed by atoms with E-state index < -0.39 is 0 Å². The predicted molar refractivity (Wildman–Crippen MR) is 79.9 cm³/mol. The molecule has 1 unspecified atom stereocenters. The first-order chi connectivity index (χ1) is 9.71. The molecule has 0 saturated carbocycles. The van der Waals surface area contributed by atoms with Gasteiger partial charge in [0.2, 0.25) is 0 Å². The third-order valence-electron chi connectivity index (χ3n) is 3.38. The molecule has 0 aliphatic rings. The van der Waals surface area contributed by atoms with E-state index in [0.29, 0.717) is 0 Å². The van der Waals surface area contributed by atoms with Crippen molar-refractivity contribution >= 4 is 0 Å². The van der Waals surface area contributed by atoms with Crippen molar-refractivity contribution in [3.05, 3.63) is 59.2 Å². The molecule has 2 aromatic carbocycles. The number of aryl methyl sites for hydroxylation is 1. The molecule has 0 aromatic heterocycles. The Morgan fingerprint density at radius 3 is 2.35 bits per heavy atom. The molecule has 0 aliphatic carbocycles. The quantitative estimate of drug-likeness (QED) is 0.649.